The largest absolute Gasteiger partial charge is 0.469 e. The molecule has 1 aliphatic heterocycles. The number of anilines is 3. The number of methoxy groups -OCH3 is 2. The van der Waals surface area contributed by atoms with Crippen LogP contribution in [0.25, 0.3) is 0 Å². The third kappa shape index (κ3) is 7.20. The van der Waals surface area contributed by atoms with E-state index in [1.165, 1.54) is 7.11 Å². The molecular formula is C27H34N4O5. The van der Waals surface area contributed by atoms with E-state index in [9.17, 15) is 9.59 Å². The molecular weight excluding hydrogens is 460 g/mol. The van der Waals surface area contributed by atoms with Gasteiger partial charge in [-0.25, -0.2) is 4.79 Å². The van der Waals surface area contributed by atoms with E-state index in [1.807, 2.05) is 18.2 Å². The fraction of sp³-hybridized carbons (Fsp3) is 0.444. The second kappa shape index (κ2) is 13.5. The number of hydrogen-bond donors (Lipinski definition) is 2. The van der Waals surface area contributed by atoms with Gasteiger partial charge in [-0.3, -0.25) is 4.79 Å². The summed E-state index contributed by atoms with van der Waals surface area (Å²) in [6, 6.07) is 14.5. The quantitative estimate of drug-likeness (QED) is 0.468. The first-order valence-electron chi connectivity index (χ1n) is 12.1. The van der Waals surface area contributed by atoms with Gasteiger partial charge >= 0.3 is 12.0 Å². The molecule has 1 atom stereocenters. The molecule has 1 aliphatic rings. The average Bonchev–Trinajstić information content (AvgIpc) is 2.90. The summed E-state index contributed by atoms with van der Waals surface area (Å²) in [5, 5.41) is 14.8. The molecule has 1 saturated heterocycles. The Labute approximate surface area is 212 Å². The second-order valence-electron chi connectivity index (χ2n) is 8.61. The molecule has 2 aromatic carbocycles. The molecule has 0 radical (unpaired) electrons. The molecule has 2 aromatic rings. The van der Waals surface area contributed by atoms with Gasteiger partial charge in [0.05, 0.1) is 43.1 Å². The van der Waals surface area contributed by atoms with Crippen LogP contribution in [0.5, 0.6) is 0 Å². The van der Waals surface area contributed by atoms with E-state index in [-0.39, 0.29) is 18.3 Å². The lowest BCUT2D eigenvalue weighted by atomic mass is 9.95. The molecule has 9 heteroatoms. The van der Waals surface area contributed by atoms with E-state index < -0.39 is 6.03 Å². The topological polar surface area (TPSA) is 113 Å². The minimum atomic E-state index is -0.405. The van der Waals surface area contributed by atoms with Crippen LogP contribution in [0.2, 0.25) is 0 Å². The standard InChI is InChI=1S/C27H34N4O5/c1-4-31(23-11-13-36-14-12-23)25-10-7-20(21(18-34-2)16-26(32)35-3)15-24(25)30-27(33)29-22-8-5-19(17-28)6-9-22/h5-10,15,21,23H,4,11-14,16,18H2,1-3H3,(H2,29,30,33)/t21-/m1/s1. The molecule has 3 rings (SSSR count). The van der Waals surface area contributed by atoms with Gasteiger partial charge in [0, 0.05) is 44.5 Å². The predicted octanol–water partition coefficient (Wildman–Crippen LogP) is 4.50. The van der Waals surface area contributed by atoms with Crippen molar-refractivity contribution in [2.45, 2.75) is 38.1 Å². The Kier molecular flexibility index (Phi) is 10.1. The first-order valence-corrected chi connectivity index (χ1v) is 12.1. The number of amides is 2. The van der Waals surface area contributed by atoms with Crippen LogP contribution < -0.4 is 15.5 Å². The Bertz CT molecular complexity index is 1060. The van der Waals surface area contributed by atoms with Crippen molar-refractivity contribution in [1.82, 2.24) is 0 Å². The summed E-state index contributed by atoms with van der Waals surface area (Å²) >= 11 is 0. The normalized spacial score (nSPS) is 14.4. The molecule has 192 valence electrons. The molecule has 1 fully saturated rings. The van der Waals surface area contributed by atoms with Crippen LogP contribution in [-0.4, -0.2) is 58.6 Å². The molecule has 0 saturated carbocycles. The Hall–Kier alpha value is -3.61. The lowest BCUT2D eigenvalue weighted by Gasteiger charge is -2.36. The Morgan fingerprint density at radius 2 is 1.86 bits per heavy atom. The summed E-state index contributed by atoms with van der Waals surface area (Å²) in [7, 11) is 2.95. The van der Waals surface area contributed by atoms with Crippen molar-refractivity contribution in [1.29, 1.82) is 5.26 Å². The number of rotatable bonds is 10. The van der Waals surface area contributed by atoms with Gasteiger partial charge in [-0.2, -0.15) is 5.26 Å². The zero-order valence-electron chi connectivity index (χ0n) is 21.1. The minimum absolute atomic E-state index is 0.165. The maximum absolute atomic E-state index is 13.0. The molecule has 0 spiro atoms. The lowest BCUT2D eigenvalue weighted by Crippen LogP contribution is -2.40. The van der Waals surface area contributed by atoms with Crippen molar-refractivity contribution in [2.24, 2.45) is 0 Å². The van der Waals surface area contributed by atoms with E-state index in [0.717, 1.165) is 30.6 Å². The summed E-state index contributed by atoms with van der Waals surface area (Å²) in [5.41, 5.74) is 3.49. The van der Waals surface area contributed by atoms with Crippen LogP contribution in [-0.2, 0) is 19.0 Å². The maximum atomic E-state index is 13.0. The number of nitrogens with one attached hydrogen (secondary N) is 2. The van der Waals surface area contributed by atoms with Gasteiger partial charge in [0.25, 0.3) is 0 Å². The van der Waals surface area contributed by atoms with Crippen LogP contribution in [0.15, 0.2) is 42.5 Å². The van der Waals surface area contributed by atoms with Gasteiger partial charge < -0.3 is 29.7 Å². The van der Waals surface area contributed by atoms with Crippen molar-refractivity contribution in [3.05, 3.63) is 53.6 Å². The maximum Gasteiger partial charge on any atom is 0.323 e. The number of urea groups is 1. The summed E-state index contributed by atoms with van der Waals surface area (Å²) in [4.78, 5) is 27.3. The molecule has 9 nitrogen and oxygen atoms in total. The first-order chi connectivity index (χ1) is 17.5. The van der Waals surface area contributed by atoms with Crippen molar-refractivity contribution in [3.8, 4) is 6.07 Å². The highest BCUT2D eigenvalue weighted by molar-refractivity contribution is 6.02. The van der Waals surface area contributed by atoms with Crippen LogP contribution >= 0.6 is 0 Å². The van der Waals surface area contributed by atoms with Gasteiger partial charge in [-0.05, 0) is 61.7 Å². The predicted molar refractivity (Wildman–Crippen MR) is 138 cm³/mol. The Balaban J connectivity index is 1.92. The van der Waals surface area contributed by atoms with E-state index >= 15 is 0 Å². The summed E-state index contributed by atoms with van der Waals surface area (Å²) in [6.45, 7) is 4.60. The molecule has 2 N–H and O–H groups in total. The number of ether oxygens (including phenoxy) is 3. The summed E-state index contributed by atoms with van der Waals surface area (Å²) < 4.78 is 15.8. The van der Waals surface area contributed by atoms with Crippen molar-refractivity contribution in [2.75, 3.05) is 56.1 Å². The van der Waals surface area contributed by atoms with Gasteiger partial charge in [0.2, 0.25) is 0 Å². The van der Waals surface area contributed by atoms with Crippen LogP contribution in [0, 0.1) is 11.3 Å². The second-order valence-corrected chi connectivity index (χ2v) is 8.61. The first kappa shape index (κ1) is 27.0. The number of carbonyl (C=O) groups excluding carboxylic acids is 2. The number of benzene rings is 2. The lowest BCUT2D eigenvalue weighted by molar-refractivity contribution is -0.141. The van der Waals surface area contributed by atoms with Crippen LogP contribution in [0.3, 0.4) is 0 Å². The Morgan fingerprint density at radius 3 is 2.47 bits per heavy atom. The third-order valence-electron chi connectivity index (χ3n) is 6.30. The van der Waals surface area contributed by atoms with Crippen LogP contribution in [0.4, 0.5) is 21.9 Å². The number of nitriles is 1. The number of esters is 1. The highest BCUT2D eigenvalue weighted by Gasteiger charge is 2.25. The highest BCUT2D eigenvalue weighted by Crippen LogP contribution is 2.34. The molecule has 0 aliphatic carbocycles. The van der Waals surface area contributed by atoms with Gasteiger partial charge in [0.1, 0.15) is 0 Å². The molecule has 0 unspecified atom stereocenters. The summed E-state index contributed by atoms with van der Waals surface area (Å²) in [5.74, 6) is -0.552. The van der Waals surface area contributed by atoms with E-state index in [4.69, 9.17) is 19.5 Å². The van der Waals surface area contributed by atoms with E-state index in [1.54, 1.807) is 31.4 Å². The van der Waals surface area contributed by atoms with Crippen molar-refractivity contribution < 1.29 is 23.8 Å². The molecule has 0 bridgehead atoms. The smallest absolute Gasteiger partial charge is 0.323 e. The zero-order chi connectivity index (χ0) is 25.9. The summed E-state index contributed by atoms with van der Waals surface area (Å²) in [6.07, 6.45) is 1.97. The monoisotopic (exact) mass is 494 g/mol. The fourth-order valence-electron chi connectivity index (χ4n) is 4.45. The number of nitrogens with zero attached hydrogens (tertiary/aromatic N) is 2. The van der Waals surface area contributed by atoms with Crippen LogP contribution in [0.1, 0.15) is 43.2 Å². The fourth-order valence-corrected chi connectivity index (χ4v) is 4.45. The van der Waals surface area contributed by atoms with Gasteiger partial charge in [-0.15, -0.1) is 0 Å². The Morgan fingerprint density at radius 1 is 1.14 bits per heavy atom. The highest BCUT2D eigenvalue weighted by atomic mass is 16.5. The molecule has 2 amide bonds. The molecule has 1 heterocycles. The molecule has 36 heavy (non-hydrogen) atoms. The SMILES string of the molecule is CCN(c1ccc([C@@H](COC)CC(=O)OC)cc1NC(=O)Nc1ccc(C#N)cc1)C1CCOCC1. The number of hydrogen-bond acceptors (Lipinski definition) is 7. The van der Waals surface area contributed by atoms with E-state index in [0.29, 0.717) is 42.8 Å². The van der Waals surface area contributed by atoms with E-state index in [2.05, 4.69) is 28.5 Å². The van der Waals surface area contributed by atoms with Crippen molar-refractivity contribution >= 4 is 29.1 Å². The minimum Gasteiger partial charge on any atom is -0.469 e. The zero-order valence-corrected chi connectivity index (χ0v) is 21.1. The molecule has 0 aromatic heterocycles. The third-order valence-corrected chi connectivity index (χ3v) is 6.30. The van der Waals surface area contributed by atoms with Crippen molar-refractivity contribution in [3.63, 3.8) is 0 Å². The number of carbonyl (C=O) groups is 2. The average molecular weight is 495 g/mol. The van der Waals surface area contributed by atoms with Gasteiger partial charge in [0.15, 0.2) is 0 Å². The van der Waals surface area contributed by atoms with Gasteiger partial charge in [-0.1, -0.05) is 6.07 Å².